The summed E-state index contributed by atoms with van der Waals surface area (Å²) < 4.78 is 0. The number of nitrogen functional groups attached to an aromatic ring is 1. The second-order valence-corrected chi connectivity index (χ2v) is 4.62. The van der Waals surface area contributed by atoms with Crippen LogP contribution in [0, 0.1) is 0 Å². The SMILES string of the molecule is CCCN(CCC(=O)N(C)C)c1ccc(N)cc1. The Kier molecular flexibility index (Phi) is 5.49. The first kappa shape index (κ1) is 14.4. The predicted octanol–water partition coefficient (Wildman–Crippen LogP) is 1.96. The Labute approximate surface area is 109 Å². The number of anilines is 2. The predicted molar refractivity (Wildman–Crippen MR) is 76.7 cm³/mol. The van der Waals surface area contributed by atoms with Crippen LogP contribution in [0.4, 0.5) is 11.4 Å². The van der Waals surface area contributed by atoms with Gasteiger partial charge < -0.3 is 15.5 Å². The lowest BCUT2D eigenvalue weighted by atomic mass is 10.2. The fourth-order valence-electron chi connectivity index (χ4n) is 1.78. The van der Waals surface area contributed by atoms with E-state index in [1.807, 2.05) is 24.3 Å². The summed E-state index contributed by atoms with van der Waals surface area (Å²) in [5.74, 6) is 0.159. The van der Waals surface area contributed by atoms with Crippen molar-refractivity contribution in [2.45, 2.75) is 19.8 Å². The standard InChI is InChI=1S/C14H23N3O/c1-4-10-17(11-9-14(18)16(2)3)13-7-5-12(15)6-8-13/h5-8H,4,9-11,15H2,1-3H3. The van der Waals surface area contributed by atoms with Gasteiger partial charge in [-0.3, -0.25) is 4.79 Å². The summed E-state index contributed by atoms with van der Waals surface area (Å²) in [5.41, 5.74) is 7.57. The lowest BCUT2D eigenvalue weighted by molar-refractivity contribution is -0.128. The van der Waals surface area contributed by atoms with Gasteiger partial charge in [0, 0.05) is 45.0 Å². The van der Waals surface area contributed by atoms with Crippen LogP contribution in [-0.4, -0.2) is 38.0 Å². The number of carbonyl (C=O) groups is 1. The second-order valence-electron chi connectivity index (χ2n) is 4.62. The molecule has 0 fully saturated rings. The summed E-state index contributed by atoms with van der Waals surface area (Å²) in [6.45, 7) is 3.83. The molecule has 4 nitrogen and oxygen atoms in total. The Balaban J connectivity index is 2.65. The van der Waals surface area contributed by atoms with Crippen molar-refractivity contribution in [3.8, 4) is 0 Å². The van der Waals surface area contributed by atoms with Crippen molar-refractivity contribution in [2.75, 3.05) is 37.8 Å². The van der Waals surface area contributed by atoms with Crippen LogP contribution in [0.1, 0.15) is 19.8 Å². The van der Waals surface area contributed by atoms with E-state index in [9.17, 15) is 4.79 Å². The molecule has 0 aromatic heterocycles. The number of hydrogen-bond donors (Lipinski definition) is 1. The third kappa shape index (κ3) is 4.28. The Morgan fingerprint density at radius 2 is 1.78 bits per heavy atom. The molecule has 18 heavy (non-hydrogen) atoms. The number of carbonyl (C=O) groups excluding carboxylic acids is 1. The van der Waals surface area contributed by atoms with E-state index in [1.54, 1.807) is 19.0 Å². The smallest absolute Gasteiger partial charge is 0.223 e. The molecule has 0 bridgehead atoms. The number of rotatable bonds is 6. The van der Waals surface area contributed by atoms with E-state index >= 15 is 0 Å². The highest BCUT2D eigenvalue weighted by molar-refractivity contribution is 5.76. The van der Waals surface area contributed by atoms with Gasteiger partial charge in [0.1, 0.15) is 0 Å². The van der Waals surface area contributed by atoms with Crippen LogP contribution in [0.15, 0.2) is 24.3 Å². The zero-order chi connectivity index (χ0) is 13.5. The van der Waals surface area contributed by atoms with Crippen LogP contribution in [0.2, 0.25) is 0 Å². The number of nitrogens with zero attached hydrogens (tertiary/aromatic N) is 2. The summed E-state index contributed by atoms with van der Waals surface area (Å²) in [6.07, 6.45) is 1.60. The van der Waals surface area contributed by atoms with E-state index in [1.165, 1.54) is 0 Å². The maximum absolute atomic E-state index is 11.6. The van der Waals surface area contributed by atoms with Gasteiger partial charge in [-0.15, -0.1) is 0 Å². The molecule has 1 aromatic rings. The molecular weight excluding hydrogens is 226 g/mol. The van der Waals surface area contributed by atoms with Gasteiger partial charge in [-0.2, -0.15) is 0 Å². The van der Waals surface area contributed by atoms with E-state index in [4.69, 9.17) is 5.73 Å². The summed E-state index contributed by atoms with van der Waals surface area (Å²) >= 11 is 0. The molecule has 1 aromatic carbocycles. The van der Waals surface area contributed by atoms with E-state index in [2.05, 4.69) is 11.8 Å². The van der Waals surface area contributed by atoms with Gasteiger partial charge in [-0.05, 0) is 30.7 Å². The van der Waals surface area contributed by atoms with E-state index in [0.717, 1.165) is 30.9 Å². The zero-order valence-electron chi connectivity index (χ0n) is 11.5. The van der Waals surface area contributed by atoms with Crippen molar-refractivity contribution in [3.05, 3.63) is 24.3 Å². The fourth-order valence-corrected chi connectivity index (χ4v) is 1.78. The van der Waals surface area contributed by atoms with Gasteiger partial charge >= 0.3 is 0 Å². The summed E-state index contributed by atoms with van der Waals surface area (Å²) in [7, 11) is 3.57. The van der Waals surface area contributed by atoms with Crippen LogP contribution < -0.4 is 10.6 Å². The summed E-state index contributed by atoms with van der Waals surface area (Å²) in [5, 5.41) is 0. The molecule has 0 radical (unpaired) electrons. The molecule has 0 heterocycles. The normalized spacial score (nSPS) is 10.2. The van der Waals surface area contributed by atoms with Gasteiger partial charge in [0.25, 0.3) is 0 Å². The average Bonchev–Trinajstić information content (AvgIpc) is 2.35. The lowest BCUT2D eigenvalue weighted by Gasteiger charge is -2.25. The average molecular weight is 249 g/mol. The molecule has 2 N–H and O–H groups in total. The van der Waals surface area contributed by atoms with Crippen molar-refractivity contribution in [1.82, 2.24) is 4.90 Å². The van der Waals surface area contributed by atoms with Crippen LogP contribution in [0.25, 0.3) is 0 Å². The molecule has 100 valence electrons. The highest BCUT2D eigenvalue weighted by Crippen LogP contribution is 2.17. The minimum Gasteiger partial charge on any atom is -0.399 e. The van der Waals surface area contributed by atoms with Crippen molar-refractivity contribution in [1.29, 1.82) is 0 Å². The van der Waals surface area contributed by atoms with Gasteiger partial charge in [0.2, 0.25) is 5.91 Å². The second kappa shape index (κ2) is 6.89. The lowest BCUT2D eigenvalue weighted by Crippen LogP contribution is -2.30. The molecule has 0 atom stereocenters. The monoisotopic (exact) mass is 249 g/mol. The Morgan fingerprint density at radius 1 is 1.17 bits per heavy atom. The van der Waals surface area contributed by atoms with Gasteiger partial charge in [0.05, 0.1) is 0 Å². The number of nitrogens with two attached hydrogens (primary N) is 1. The van der Waals surface area contributed by atoms with Crippen molar-refractivity contribution in [3.63, 3.8) is 0 Å². The van der Waals surface area contributed by atoms with E-state index in [0.29, 0.717) is 6.42 Å². The largest absolute Gasteiger partial charge is 0.399 e. The molecule has 4 heteroatoms. The number of amides is 1. The summed E-state index contributed by atoms with van der Waals surface area (Å²) in [4.78, 5) is 15.5. The van der Waals surface area contributed by atoms with Crippen LogP contribution >= 0.6 is 0 Å². The van der Waals surface area contributed by atoms with Crippen LogP contribution in [0.5, 0.6) is 0 Å². The molecule has 0 unspecified atom stereocenters. The molecule has 0 aliphatic carbocycles. The molecular formula is C14H23N3O. The van der Waals surface area contributed by atoms with Crippen LogP contribution in [0.3, 0.4) is 0 Å². The maximum Gasteiger partial charge on any atom is 0.223 e. The van der Waals surface area contributed by atoms with Crippen molar-refractivity contribution < 1.29 is 4.79 Å². The molecule has 0 aliphatic rings. The molecule has 0 saturated carbocycles. The van der Waals surface area contributed by atoms with Crippen molar-refractivity contribution >= 4 is 17.3 Å². The highest BCUT2D eigenvalue weighted by atomic mass is 16.2. The van der Waals surface area contributed by atoms with E-state index in [-0.39, 0.29) is 5.91 Å². The Hall–Kier alpha value is -1.71. The van der Waals surface area contributed by atoms with Gasteiger partial charge in [0.15, 0.2) is 0 Å². The fraction of sp³-hybridized carbons (Fsp3) is 0.500. The highest BCUT2D eigenvalue weighted by Gasteiger charge is 2.09. The molecule has 0 spiro atoms. The van der Waals surface area contributed by atoms with Crippen LogP contribution in [-0.2, 0) is 4.79 Å². The van der Waals surface area contributed by atoms with E-state index < -0.39 is 0 Å². The van der Waals surface area contributed by atoms with Gasteiger partial charge in [-0.1, -0.05) is 6.92 Å². The Bertz CT molecular complexity index is 373. The Morgan fingerprint density at radius 3 is 2.28 bits per heavy atom. The molecule has 1 amide bonds. The third-order valence-corrected chi connectivity index (χ3v) is 2.85. The first-order valence-corrected chi connectivity index (χ1v) is 6.35. The molecule has 1 rings (SSSR count). The topological polar surface area (TPSA) is 49.6 Å². The van der Waals surface area contributed by atoms with Gasteiger partial charge in [-0.25, -0.2) is 0 Å². The number of benzene rings is 1. The minimum atomic E-state index is 0.159. The summed E-state index contributed by atoms with van der Waals surface area (Å²) in [6, 6.07) is 7.80. The van der Waals surface area contributed by atoms with Crippen molar-refractivity contribution in [2.24, 2.45) is 0 Å². The third-order valence-electron chi connectivity index (χ3n) is 2.85. The number of hydrogen-bond acceptors (Lipinski definition) is 3. The first-order chi connectivity index (χ1) is 8.54. The zero-order valence-corrected chi connectivity index (χ0v) is 11.5. The first-order valence-electron chi connectivity index (χ1n) is 6.35. The quantitative estimate of drug-likeness (QED) is 0.784. The molecule has 0 saturated heterocycles. The maximum atomic E-state index is 11.6. The minimum absolute atomic E-state index is 0.159. The molecule has 0 aliphatic heterocycles.